The zero-order valence-corrected chi connectivity index (χ0v) is 7.95. The molecule has 0 N–H and O–H groups in total. The van der Waals surface area contributed by atoms with Crippen LogP contribution < -0.4 is 0 Å². The molecule has 0 aromatic carbocycles. The third-order valence-electron chi connectivity index (χ3n) is 2.80. The van der Waals surface area contributed by atoms with Crippen molar-refractivity contribution in [3.8, 4) is 0 Å². The Hall–Kier alpha value is -0.300. The van der Waals surface area contributed by atoms with E-state index in [1.807, 2.05) is 6.08 Å². The third-order valence-corrected chi connectivity index (χ3v) is 2.80. The molecular weight excluding hydrogens is 158 g/mol. The smallest absolute Gasteiger partial charge is 0.0167 e. The van der Waals surface area contributed by atoms with Crippen molar-refractivity contribution >= 4 is 0 Å². The van der Waals surface area contributed by atoms with Crippen LogP contribution in [0.1, 0.15) is 12.8 Å². The second kappa shape index (κ2) is 4.28. The van der Waals surface area contributed by atoms with Crippen LogP contribution >= 0.6 is 0 Å². The standard InChI is InChI=1S/C12H16N/c1-2-9-13-10-5-8-12(13)11-6-3-4-7-11/h2-4,6-7,12H,1,5,8-10H2/t12-/m1/s1. The van der Waals surface area contributed by atoms with Crippen molar-refractivity contribution in [3.05, 3.63) is 44.3 Å². The Morgan fingerprint density at radius 3 is 2.92 bits per heavy atom. The van der Waals surface area contributed by atoms with Gasteiger partial charge in [0.1, 0.15) is 0 Å². The van der Waals surface area contributed by atoms with Gasteiger partial charge >= 0.3 is 0 Å². The van der Waals surface area contributed by atoms with Crippen molar-refractivity contribution < 1.29 is 0 Å². The van der Waals surface area contributed by atoms with Crippen LogP contribution in [0.25, 0.3) is 0 Å². The van der Waals surface area contributed by atoms with Crippen LogP contribution in [0.2, 0.25) is 0 Å². The highest BCUT2D eigenvalue weighted by Crippen LogP contribution is 2.34. The molecule has 2 rings (SSSR count). The molecule has 0 spiro atoms. The minimum atomic E-state index is 0.646. The van der Waals surface area contributed by atoms with Gasteiger partial charge in [0.15, 0.2) is 0 Å². The van der Waals surface area contributed by atoms with Crippen molar-refractivity contribution in [2.24, 2.45) is 0 Å². The van der Waals surface area contributed by atoms with Gasteiger partial charge < -0.3 is 0 Å². The first-order valence-corrected chi connectivity index (χ1v) is 4.98. The summed E-state index contributed by atoms with van der Waals surface area (Å²) in [6, 6.07) is 0.646. The highest BCUT2D eigenvalue weighted by Gasteiger charge is 2.33. The number of hydrogen-bond acceptors (Lipinski definition) is 1. The summed E-state index contributed by atoms with van der Waals surface area (Å²) in [7, 11) is 0. The first-order chi connectivity index (χ1) is 6.42. The average Bonchev–Trinajstić information content (AvgIpc) is 2.71. The van der Waals surface area contributed by atoms with Crippen molar-refractivity contribution in [3.63, 3.8) is 0 Å². The van der Waals surface area contributed by atoms with E-state index in [4.69, 9.17) is 0 Å². The van der Waals surface area contributed by atoms with Gasteiger partial charge in [-0.1, -0.05) is 6.08 Å². The van der Waals surface area contributed by atoms with Crippen LogP contribution in [-0.2, 0) is 0 Å². The highest BCUT2D eigenvalue weighted by molar-refractivity contribution is 5.39. The zero-order valence-electron chi connectivity index (χ0n) is 7.95. The van der Waals surface area contributed by atoms with E-state index in [-0.39, 0.29) is 0 Å². The van der Waals surface area contributed by atoms with Gasteiger partial charge in [0.25, 0.3) is 0 Å². The molecule has 1 aliphatic heterocycles. The molecule has 1 nitrogen and oxygen atoms in total. The summed E-state index contributed by atoms with van der Waals surface area (Å²) >= 11 is 0. The van der Waals surface area contributed by atoms with Crippen molar-refractivity contribution in [1.82, 2.24) is 4.90 Å². The Morgan fingerprint density at radius 1 is 1.46 bits per heavy atom. The van der Waals surface area contributed by atoms with Crippen molar-refractivity contribution in [2.75, 3.05) is 13.1 Å². The van der Waals surface area contributed by atoms with Crippen molar-refractivity contribution in [1.29, 1.82) is 0 Å². The van der Waals surface area contributed by atoms with E-state index in [1.165, 1.54) is 25.3 Å². The fourth-order valence-corrected chi connectivity index (χ4v) is 2.20. The first kappa shape index (κ1) is 9.26. The molecule has 0 unspecified atom stereocenters. The molecule has 0 bridgehead atoms. The first-order valence-electron chi connectivity index (χ1n) is 4.98. The van der Waals surface area contributed by atoms with Crippen LogP contribution in [0, 0.1) is 31.6 Å². The predicted octanol–water partition coefficient (Wildman–Crippen LogP) is 2.04. The quantitative estimate of drug-likeness (QED) is 0.592. The molecule has 1 atom stereocenters. The van der Waals surface area contributed by atoms with Crippen molar-refractivity contribution in [2.45, 2.75) is 18.9 Å². The van der Waals surface area contributed by atoms with Crippen LogP contribution in [0.5, 0.6) is 0 Å². The number of likely N-dealkylation sites (tertiary alicyclic amines) is 1. The molecule has 1 aliphatic carbocycles. The molecule has 0 aromatic rings. The van der Waals surface area contributed by atoms with Gasteiger partial charge in [-0.15, -0.1) is 6.58 Å². The lowest BCUT2D eigenvalue weighted by molar-refractivity contribution is 0.298. The Bertz CT molecular complexity index is 170. The van der Waals surface area contributed by atoms with Crippen LogP contribution in [0.15, 0.2) is 12.7 Å². The van der Waals surface area contributed by atoms with Gasteiger partial charge in [0.2, 0.25) is 0 Å². The molecular formula is C12H16N. The van der Waals surface area contributed by atoms with Gasteiger partial charge in [0, 0.05) is 18.5 Å². The van der Waals surface area contributed by atoms with E-state index in [9.17, 15) is 0 Å². The highest BCUT2D eigenvalue weighted by atomic mass is 15.2. The fraction of sp³-hybridized carbons (Fsp3) is 0.417. The van der Waals surface area contributed by atoms with Crippen LogP contribution in [0.4, 0.5) is 0 Å². The number of hydrogen-bond donors (Lipinski definition) is 0. The summed E-state index contributed by atoms with van der Waals surface area (Å²) in [4.78, 5) is 2.50. The summed E-state index contributed by atoms with van der Waals surface area (Å²) in [5.74, 6) is 1.47. The van der Waals surface area contributed by atoms with E-state index in [0.29, 0.717) is 6.04 Å². The topological polar surface area (TPSA) is 3.24 Å². The predicted molar refractivity (Wildman–Crippen MR) is 55.2 cm³/mol. The largest absolute Gasteiger partial charge is 0.296 e. The monoisotopic (exact) mass is 174 g/mol. The Labute approximate surface area is 81.8 Å². The molecule has 2 aliphatic rings. The zero-order chi connectivity index (χ0) is 9.10. The third kappa shape index (κ3) is 1.96. The molecule has 13 heavy (non-hydrogen) atoms. The lowest BCUT2D eigenvalue weighted by atomic mass is 9.96. The average molecular weight is 174 g/mol. The lowest BCUT2D eigenvalue weighted by Crippen LogP contribution is -2.33. The van der Waals surface area contributed by atoms with E-state index in [1.54, 1.807) is 0 Å². The maximum Gasteiger partial charge on any atom is 0.0167 e. The van der Waals surface area contributed by atoms with Gasteiger partial charge in [-0.3, -0.25) is 4.90 Å². The van der Waals surface area contributed by atoms with E-state index in [2.05, 4.69) is 37.2 Å². The van der Waals surface area contributed by atoms with Gasteiger partial charge in [-0.05, 0) is 45.1 Å². The summed E-state index contributed by atoms with van der Waals surface area (Å²) in [6.45, 7) is 6.05. The molecule has 0 aromatic heterocycles. The lowest BCUT2D eigenvalue weighted by Gasteiger charge is -2.27. The second-order valence-corrected chi connectivity index (χ2v) is 3.66. The minimum absolute atomic E-state index is 0.646. The van der Waals surface area contributed by atoms with Gasteiger partial charge in [-0.2, -0.15) is 0 Å². The number of nitrogens with zero attached hydrogens (tertiary/aromatic N) is 1. The normalized spacial score (nSPS) is 31.2. The summed E-state index contributed by atoms with van der Waals surface area (Å²) in [5, 5.41) is 0. The molecule has 5 radical (unpaired) electrons. The van der Waals surface area contributed by atoms with E-state index in [0.717, 1.165) is 6.54 Å². The minimum Gasteiger partial charge on any atom is -0.296 e. The molecule has 1 heteroatoms. The maximum absolute atomic E-state index is 3.80. The molecule has 1 heterocycles. The summed E-state index contributed by atoms with van der Waals surface area (Å²) < 4.78 is 0. The number of rotatable bonds is 3. The maximum atomic E-state index is 3.80. The SMILES string of the molecule is C=CCN1CCC[C@@H]1[C]1[CH][CH][CH][CH]1. The van der Waals surface area contributed by atoms with E-state index >= 15 is 0 Å². The van der Waals surface area contributed by atoms with Gasteiger partial charge in [-0.25, -0.2) is 0 Å². The molecule has 0 amide bonds. The fourth-order valence-electron chi connectivity index (χ4n) is 2.20. The van der Waals surface area contributed by atoms with Crippen LogP contribution in [0.3, 0.4) is 0 Å². The Balaban J connectivity index is 1.91. The Kier molecular flexibility index (Phi) is 3.05. The molecule has 69 valence electrons. The summed E-state index contributed by atoms with van der Waals surface area (Å²) in [5.41, 5.74) is 0. The molecule has 1 saturated heterocycles. The molecule has 2 fully saturated rings. The van der Waals surface area contributed by atoms with Crippen LogP contribution in [-0.4, -0.2) is 24.0 Å². The summed E-state index contributed by atoms with van der Waals surface area (Å²) in [6.07, 6.45) is 13.3. The molecule has 1 saturated carbocycles. The Morgan fingerprint density at radius 2 is 2.23 bits per heavy atom. The van der Waals surface area contributed by atoms with Gasteiger partial charge in [0.05, 0.1) is 0 Å². The second-order valence-electron chi connectivity index (χ2n) is 3.66. The van der Waals surface area contributed by atoms with E-state index < -0.39 is 0 Å².